The summed E-state index contributed by atoms with van der Waals surface area (Å²) in [5.41, 5.74) is 5.51. The van der Waals surface area contributed by atoms with Crippen LogP contribution in [0.2, 0.25) is 0 Å². The summed E-state index contributed by atoms with van der Waals surface area (Å²) < 4.78 is 34.6. The highest BCUT2D eigenvalue weighted by Gasteiger charge is 2.24. The van der Waals surface area contributed by atoms with Crippen LogP contribution in [-0.4, -0.2) is 59.1 Å². The number of nitrogens with one attached hydrogen (secondary N) is 1. The SMILES string of the molecule is CCN(CC)S(=O)(=O)c1ccc(C)c(NC(=O)COC(=O)c2cc(-c3ccccc3)nc3c2c(C)nn3-c2ccc(C)cc2)c1. The first-order chi connectivity index (χ1) is 21.5. The van der Waals surface area contributed by atoms with Crippen molar-refractivity contribution in [3.63, 3.8) is 0 Å². The molecule has 232 valence electrons. The molecule has 0 spiro atoms. The van der Waals surface area contributed by atoms with Crippen molar-refractivity contribution in [2.75, 3.05) is 25.0 Å². The number of hydrogen-bond acceptors (Lipinski definition) is 7. The zero-order valence-electron chi connectivity index (χ0n) is 25.9. The van der Waals surface area contributed by atoms with E-state index in [0.29, 0.717) is 46.8 Å². The second-order valence-electron chi connectivity index (χ2n) is 10.6. The zero-order chi connectivity index (χ0) is 32.3. The van der Waals surface area contributed by atoms with Gasteiger partial charge in [-0.05, 0) is 56.7 Å². The zero-order valence-corrected chi connectivity index (χ0v) is 26.7. The molecule has 0 fully saturated rings. The van der Waals surface area contributed by atoms with E-state index >= 15 is 0 Å². The maximum absolute atomic E-state index is 13.6. The summed E-state index contributed by atoms with van der Waals surface area (Å²) in [6, 6.07) is 23.5. The Bertz CT molecular complexity index is 1980. The molecule has 0 aliphatic carbocycles. The lowest BCUT2D eigenvalue weighted by Crippen LogP contribution is -2.30. The minimum Gasteiger partial charge on any atom is -0.452 e. The van der Waals surface area contributed by atoms with Gasteiger partial charge in [-0.2, -0.15) is 9.40 Å². The van der Waals surface area contributed by atoms with E-state index in [2.05, 4.69) is 5.32 Å². The highest BCUT2D eigenvalue weighted by Crippen LogP contribution is 2.30. The van der Waals surface area contributed by atoms with Crippen LogP contribution in [0.25, 0.3) is 28.0 Å². The van der Waals surface area contributed by atoms with E-state index in [1.807, 2.05) is 61.5 Å². The first-order valence-corrected chi connectivity index (χ1v) is 16.1. The number of hydrogen-bond donors (Lipinski definition) is 1. The lowest BCUT2D eigenvalue weighted by molar-refractivity contribution is -0.119. The van der Waals surface area contributed by atoms with Crippen molar-refractivity contribution in [2.45, 2.75) is 39.5 Å². The summed E-state index contributed by atoms with van der Waals surface area (Å²) in [6.07, 6.45) is 0. The molecule has 45 heavy (non-hydrogen) atoms. The number of amides is 1. The largest absolute Gasteiger partial charge is 0.452 e. The van der Waals surface area contributed by atoms with E-state index in [1.165, 1.54) is 16.4 Å². The Labute approximate surface area is 262 Å². The number of nitrogens with zero attached hydrogens (tertiary/aromatic N) is 4. The number of ether oxygens (including phenoxy) is 1. The molecular weight excluding hydrogens is 590 g/mol. The molecule has 0 saturated carbocycles. The molecule has 2 aromatic heterocycles. The van der Waals surface area contributed by atoms with E-state index in [1.54, 1.807) is 44.5 Å². The number of aromatic nitrogens is 3. The third kappa shape index (κ3) is 6.50. The van der Waals surface area contributed by atoms with Crippen molar-refractivity contribution in [3.05, 3.63) is 101 Å². The topological polar surface area (TPSA) is 123 Å². The van der Waals surface area contributed by atoms with Crippen LogP contribution in [0.15, 0.2) is 83.8 Å². The maximum atomic E-state index is 13.6. The van der Waals surface area contributed by atoms with E-state index in [-0.39, 0.29) is 10.5 Å². The second kappa shape index (κ2) is 13.0. The number of rotatable bonds is 10. The third-order valence-corrected chi connectivity index (χ3v) is 9.59. The Balaban J connectivity index is 1.44. The summed E-state index contributed by atoms with van der Waals surface area (Å²) in [6.45, 7) is 9.13. The Morgan fingerprint density at radius 2 is 1.60 bits per heavy atom. The van der Waals surface area contributed by atoms with Gasteiger partial charge in [-0.25, -0.2) is 22.9 Å². The maximum Gasteiger partial charge on any atom is 0.339 e. The number of anilines is 1. The average molecular weight is 626 g/mol. The molecule has 0 saturated heterocycles. The fourth-order valence-electron chi connectivity index (χ4n) is 5.08. The number of fused-ring (bicyclic) bond motifs is 1. The van der Waals surface area contributed by atoms with Crippen molar-refractivity contribution in [3.8, 4) is 16.9 Å². The number of sulfonamides is 1. The smallest absolute Gasteiger partial charge is 0.339 e. The third-order valence-electron chi connectivity index (χ3n) is 7.54. The Morgan fingerprint density at radius 1 is 0.911 bits per heavy atom. The van der Waals surface area contributed by atoms with Gasteiger partial charge in [0.05, 0.1) is 32.9 Å². The Kier molecular flexibility index (Phi) is 9.12. The quantitative estimate of drug-likeness (QED) is 0.194. The number of benzene rings is 3. The van der Waals surface area contributed by atoms with Crippen LogP contribution in [0, 0.1) is 20.8 Å². The number of aryl methyl sites for hydroxylation is 3. The highest BCUT2D eigenvalue weighted by atomic mass is 32.2. The summed E-state index contributed by atoms with van der Waals surface area (Å²) in [4.78, 5) is 31.5. The molecule has 1 N–H and O–H groups in total. The molecule has 5 rings (SSSR count). The first kappa shape index (κ1) is 31.6. The van der Waals surface area contributed by atoms with Crippen LogP contribution in [0.3, 0.4) is 0 Å². The summed E-state index contributed by atoms with van der Waals surface area (Å²) in [5, 5.41) is 7.91. The van der Waals surface area contributed by atoms with Gasteiger partial charge in [0.15, 0.2) is 12.3 Å². The van der Waals surface area contributed by atoms with Gasteiger partial charge >= 0.3 is 5.97 Å². The molecule has 0 atom stereocenters. The predicted molar refractivity (Wildman–Crippen MR) is 174 cm³/mol. The Morgan fingerprint density at radius 3 is 2.27 bits per heavy atom. The van der Waals surface area contributed by atoms with Crippen molar-refractivity contribution >= 4 is 38.6 Å². The van der Waals surface area contributed by atoms with Crippen molar-refractivity contribution in [1.82, 2.24) is 19.1 Å². The fourth-order valence-corrected chi connectivity index (χ4v) is 6.56. The number of carbonyl (C=O) groups is 2. The minimum atomic E-state index is -3.73. The molecule has 1 amide bonds. The van der Waals surface area contributed by atoms with Crippen LogP contribution in [-0.2, 0) is 19.6 Å². The first-order valence-electron chi connectivity index (χ1n) is 14.6. The van der Waals surface area contributed by atoms with Gasteiger partial charge in [0.25, 0.3) is 5.91 Å². The molecule has 3 aromatic carbocycles. The van der Waals surface area contributed by atoms with E-state index < -0.39 is 28.5 Å². The molecule has 0 aliphatic rings. The van der Waals surface area contributed by atoms with Crippen LogP contribution in [0.1, 0.15) is 41.0 Å². The van der Waals surface area contributed by atoms with Crippen LogP contribution in [0.5, 0.6) is 0 Å². The van der Waals surface area contributed by atoms with Gasteiger partial charge in [-0.15, -0.1) is 0 Å². The van der Waals surface area contributed by atoms with Crippen molar-refractivity contribution < 1.29 is 22.7 Å². The van der Waals surface area contributed by atoms with Crippen LogP contribution < -0.4 is 5.32 Å². The molecule has 0 aliphatic heterocycles. The van der Waals surface area contributed by atoms with E-state index in [9.17, 15) is 18.0 Å². The average Bonchev–Trinajstić information content (AvgIpc) is 3.37. The van der Waals surface area contributed by atoms with Gasteiger partial charge in [-0.3, -0.25) is 4.79 Å². The number of pyridine rings is 1. The van der Waals surface area contributed by atoms with Crippen molar-refractivity contribution in [2.24, 2.45) is 0 Å². The van der Waals surface area contributed by atoms with Crippen LogP contribution >= 0.6 is 0 Å². The van der Waals surface area contributed by atoms with Gasteiger partial charge in [0.2, 0.25) is 10.0 Å². The molecule has 0 unspecified atom stereocenters. The highest BCUT2D eigenvalue weighted by molar-refractivity contribution is 7.89. The molecule has 0 radical (unpaired) electrons. The number of esters is 1. The van der Waals surface area contributed by atoms with Gasteiger partial charge < -0.3 is 10.1 Å². The standard InChI is InChI=1S/C34H35N5O5S/c1-6-38(7-2)45(42,43)27-18-15-23(4)29(19-27)35-31(40)21-44-34(41)28-20-30(25-11-9-8-10-12-25)36-33-32(28)24(5)37-39(33)26-16-13-22(3)14-17-26/h8-20H,6-7,21H2,1-5H3,(H,35,40). The van der Waals surface area contributed by atoms with Gasteiger partial charge in [0.1, 0.15) is 0 Å². The molecule has 0 bridgehead atoms. The van der Waals surface area contributed by atoms with Crippen LogP contribution in [0.4, 0.5) is 5.69 Å². The molecular formula is C34H35N5O5S. The van der Waals surface area contributed by atoms with Gasteiger partial charge in [0, 0.05) is 24.3 Å². The van der Waals surface area contributed by atoms with E-state index in [4.69, 9.17) is 14.8 Å². The lowest BCUT2D eigenvalue weighted by atomic mass is 10.1. The Hall–Kier alpha value is -4.87. The molecule has 11 heteroatoms. The lowest BCUT2D eigenvalue weighted by Gasteiger charge is -2.19. The predicted octanol–water partition coefficient (Wildman–Crippen LogP) is 5.84. The molecule has 10 nitrogen and oxygen atoms in total. The summed E-state index contributed by atoms with van der Waals surface area (Å²) in [5.74, 6) is -1.32. The van der Waals surface area contributed by atoms with Crippen molar-refractivity contribution in [1.29, 1.82) is 0 Å². The minimum absolute atomic E-state index is 0.0674. The second-order valence-corrected chi connectivity index (χ2v) is 12.6. The van der Waals surface area contributed by atoms with Gasteiger partial charge in [-0.1, -0.05) is 67.9 Å². The summed E-state index contributed by atoms with van der Waals surface area (Å²) in [7, 11) is -3.73. The molecule has 5 aromatic rings. The number of carbonyl (C=O) groups excluding carboxylic acids is 2. The normalized spacial score (nSPS) is 11.6. The van der Waals surface area contributed by atoms with E-state index in [0.717, 1.165) is 16.8 Å². The monoisotopic (exact) mass is 625 g/mol. The fraction of sp³-hybridized carbons (Fsp3) is 0.235. The summed E-state index contributed by atoms with van der Waals surface area (Å²) >= 11 is 0. The molecule has 2 heterocycles.